The zero-order chi connectivity index (χ0) is 33.9. The highest BCUT2D eigenvalue weighted by molar-refractivity contribution is 5.66. The van der Waals surface area contributed by atoms with Crippen LogP contribution in [-0.2, 0) is 9.59 Å². The summed E-state index contributed by atoms with van der Waals surface area (Å²) in [4.78, 5) is 20.6. The number of nitrogens with two attached hydrogens (primary N) is 1. The van der Waals surface area contributed by atoms with Crippen LogP contribution >= 0.6 is 0 Å². The van der Waals surface area contributed by atoms with Gasteiger partial charge in [-0.05, 0) is 83.5 Å². The molecule has 0 saturated heterocycles. The molecule has 6 nitrogen and oxygen atoms in total. The number of unbranched alkanes of at least 4 members (excludes halogenated alkanes) is 16. The van der Waals surface area contributed by atoms with Gasteiger partial charge in [0.15, 0.2) is 0 Å². The highest BCUT2D eigenvalue weighted by atomic mass is 16.4. The van der Waals surface area contributed by atoms with Gasteiger partial charge in [-0.2, -0.15) is 0 Å². The molecule has 0 aromatic carbocycles. The third kappa shape index (κ3) is 58.0. The van der Waals surface area contributed by atoms with Crippen LogP contribution in [0.15, 0.2) is 48.6 Å². The lowest BCUT2D eigenvalue weighted by atomic mass is 10.1. The molecule has 0 amide bonds. The van der Waals surface area contributed by atoms with E-state index in [4.69, 9.17) is 16.1 Å². The average molecular weight is 635 g/mol. The van der Waals surface area contributed by atoms with Gasteiger partial charge in [-0.15, -0.1) is 0 Å². The Morgan fingerprint density at radius 1 is 0.467 bits per heavy atom. The van der Waals surface area contributed by atoms with Crippen molar-refractivity contribution in [2.45, 2.75) is 181 Å². The van der Waals surface area contributed by atoms with E-state index in [-0.39, 0.29) is 0 Å². The Bertz CT molecular complexity index is 643. The molecule has 0 fully saturated rings. The number of carboxylic acids is 2. The van der Waals surface area contributed by atoms with Crippen molar-refractivity contribution >= 4 is 11.9 Å². The average Bonchev–Trinajstić information content (AvgIpc) is 3.02. The summed E-state index contributed by atoms with van der Waals surface area (Å²) in [5.41, 5.74) is 2.52. The number of allylic oxidation sites excluding steroid dienone is 8. The zero-order valence-electron chi connectivity index (χ0n) is 29.8. The second-order valence-corrected chi connectivity index (χ2v) is 11.7. The summed E-state index contributed by atoms with van der Waals surface area (Å²) >= 11 is 0. The van der Waals surface area contributed by atoms with Crippen molar-refractivity contribution in [3.8, 4) is 0 Å². The van der Waals surface area contributed by atoms with Gasteiger partial charge in [0.05, 0.1) is 0 Å². The van der Waals surface area contributed by atoms with Crippen LogP contribution in [0.3, 0.4) is 0 Å². The Morgan fingerprint density at radius 2 is 0.778 bits per heavy atom. The maximum atomic E-state index is 10.3. The number of hydrogen-bond donors (Lipinski definition) is 4. The van der Waals surface area contributed by atoms with Crippen LogP contribution in [0, 0.1) is 0 Å². The lowest BCUT2D eigenvalue weighted by Crippen LogP contribution is -2.21. The van der Waals surface area contributed by atoms with E-state index in [1.165, 1.54) is 89.9 Å². The Kier molecular flexibility index (Phi) is 48.5. The fourth-order valence-electron chi connectivity index (χ4n) is 4.32. The van der Waals surface area contributed by atoms with Crippen molar-refractivity contribution in [2.75, 3.05) is 6.54 Å². The van der Waals surface area contributed by atoms with Crippen molar-refractivity contribution in [2.24, 2.45) is 5.84 Å². The number of carbonyl (C=O) groups is 2. The van der Waals surface area contributed by atoms with E-state index in [2.05, 4.69) is 74.8 Å². The summed E-state index contributed by atoms with van der Waals surface area (Å²) in [6, 6.07) is 0. The molecule has 0 rings (SSSR count). The zero-order valence-corrected chi connectivity index (χ0v) is 29.8. The molecule has 0 heterocycles. The third-order valence-corrected chi connectivity index (χ3v) is 7.08. The molecule has 45 heavy (non-hydrogen) atoms. The molecule has 0 saturated carbocycles. The van der Waals surface area contributed by atoms with Gasteiger partial charge in [0, 0.05) is 19.4 Å². The first-order valence-corrected chi connectivity index (χ1v) is 18.4. The molecule has 0 atom stereocenters. The molecule has 0 aliphatic heterocycles. The predicted molar refractivity (Wildman–Crippen MR) is 196 cm³/mol. The quantitative estimate of drug-likeness (QED) is 0.0271. The van der Waals surface area contributed by atoms with Gasteiger partial charge in [-0.1, -0.05) is 134 Å². The smallest absolute Gasteiger partial charge is 0.303 e. The minimum atomic E-state index is -0.671. The number of rotatable bonds is 30. The minimum absolute atomic E-state index is 0.324. The first-order valence-electron chi connectivity index (χ1n) is 18.4. The van der Waals surface area contributed by atoms with Crippen LogP contribution in [0.5, 0.6) is 0 Å². The van der Waals surface area contributed by atoms with E-state index in [1.807, 2.05) is 0 Å². The molecule has 0 aromatic heterocycles. The van der Waals surface area contributed by atoms with Crippen LogP contribution in [0.25, 0.3) is 0 Å². The van der Waals surface area contributed by atoms with E-state index in [9.17, 15) is 9.59 Å². The van der Waals surface area contributed by atoms with Gasteiger partial charge in [-0.25, -0.2) is 0 Å². The summed E-state index contributed by atoms with van der Waals surface area (Å²) in [5, 5.41) is 17.0. The maximum Gasteiger partial charge on any atom is 0.303 e. The molecule has 6 heteroatoms. The van der Waals surface area contributed by atoms with Crippen LogP contribution < -0.4 is 11.3 Å². The SMILES string of the molecule is CCCCC/C=C\C/C=C\CCCCCCCC(=O)O.CCCCC/C=C\C/C=C\CCCCCCCC(=O)O.CCCNN. The van der Waals surface area contributed by atoms with Gasteiger partial charge in [0.2, 0.25) is 0 Å². The van der Waals surface area contributed by atoms with Crippen molar-refractivity contribution in [3.63, 3.8) is 0 Å². The monoisotopic (exact) mass is 635 g/mol. The first kappa shape index (κ1) is 47.2. The van der Waals surface area contributed by atoms with E-state index >= 15 is 0 Å². The fraction of sp³-hybridized carbons (Fsp3) is 0.744. The lowest BCUT2D eigenvalue weighted by molar-refractivity contribution is -0.138. The molecular weight excluding hydrogens is 560 g/mol. The first-order chi connectivity index (χ1) is 22.0. The molecule has 0 aliphatic rings. The Morgan fingerprint density at radius 3 is 1.04 bits per heavy atom. The van der Waals surface area contributed by atoms with Crippen molar-refractivity contribution < 1.29 is 19.8 Å². The van der Waals surface area contributed by atoms with Gasteiger partial charge >= 0.3 is 11.9 Å². The molecule has 264 valence electrons. The summed E-state index contributed by atoms with van der Waals surface area (Å²) in [6.45, 7) is 7.46. The molecule has 0 aliphatic carbocycles. The largest absolute Gasteiger partial charge is 0.481 e. The molecule has 0 unspecified atom stereocenters. The number of aliphatic carboxylic acids is 2. The van der Waals surface area contributed by atoms with Crippen LogP contribution in [0.1, 0.15) is 181 Å². The van der Waals surface area contributed by atoms with E-state index in [0.29, 0.717) is 12.8 Å². The van der Waals surface area contributed by atoms with Crippen LogP contribution in [0.4, 0.5) is 0 Å². The molecule has 0 spiro atoms. The third-order valence-electron chi connectivity index (χ3n) is 7.08. The second kappa shape index (κ2) is 46.2. The van der Waals surface area contributed by atoms with Gasteiger partial charge in [0.1, 0.15) is 0 Å². The van der Waals surface area contributed by atoms with Crippen LogP contribution in [0.2, 0.25) is 0 Å². The Hall–Kier alpha value is -2.18. The van der Waals surface area contributed by atoms with Crippen molar-refractivity contribution in [1.82, 2.24) is 5.43 Å². The van der Waals surface area contributed by atoms with Gasteiger partial charge < -0.3 is 10.2 Å². The minimum Gasteiger partial charge on any atom is -0.481 e. The molecule has 0 aromatic rings. The number of hydrogen-bond acceptors (Lipinski definition) is 4. The Balaban J connectivity index is -0.000000680. The van der Waals surface area contributed by atoms with E-state index < -0.39 is 11.9 Å². The summed E-state index contributed by atoms with van der Waals surface area (Å²) in [6.07, 6.45) is 45.7. The second-order valence-electron chi connectivity index (χ2n) is 11.7. The standard InChI is InChI=1S/2C18H32O2.C3H10N2/c2*1-2-3-4-5-6-7-8-9-10-11-12-13-14-15-16-17-18(19)20;1-2-3-5-4/h2*6-7,9-10H,2-5,8,11-17H2,1H3,(H,19,20);5H,2-4H2,1H3/b2*7-6-,10-9-;. The molecule has 0 bridgehead atoms. The predicted octanol–water partition coefficient (Wildman–Crippen LogP) is 11.6. The summed E-state index contributed by atoms with van der Waals surface area (Å²) in [7, 11) is 0. The normalized spacial score (nSPS) is 11.3. The number of hydrazine groups is 1. The van der Waals surface area contributed by atoms with Gasteiger partial charge in [-0.3, -0.25) is 20.9 Å². The molecule has 5 N–H and O–H groups in total. The topological polar surface area (TPSA) is 113 Å². The van der Waals surface area contributed by atoms with Crippen molar-refractivity contribution in [3.05, 3.63) is 48.6 Å². The molecular formula is C39H74N2O4. The maximum absolute atomic E-state index is 10.3. The molecule has 0 radical (unpaired) electrons. The highest BCUT2D eigenvalue weighted by Crippen LogP contribution is 2.09. The lowest BCUT2D eigenvalue weighted by Gasteiger charge is -1.98. The highest BCUT2D eigenvalue weighted by Gasteiger charge is 1.96. The van der Waals surface area contributed by atoms with Gasteiger partial charge in [0.25, 0.3) is 0 Å². The summed E-state index contributed by atoms with van der Waals surface area (Å²) in [5.74, 6) is 3.55. The fourth-order valence-corrected chi connectivity index (χ4v) is 4.32. The van der Waals surface area contributed by atoms with Crippen LogP contribution in [-0.4, -0.2) is 28.7 Å². The van der Waals surface area contributed by atoms with E-state index in [1.54, 1.807) is 0 Å². The number of nitrogens with one attached hydrogen (secondary N) is 1. The Labute approximate surface area is 279 Å². The van der Waals surface area contributed by atoms with Crippen molar-refractivity contribution in [1.29, 1.82) is 0 Å². The number of carboxylic acid groups (broad SMARTS) is 2. The summed E-state index contributed by atoms with van der Waals surface area (Å²) < 4.78 is 0. The van der Waals surface area contributed by atoms with E-state index in [0.717, 1.165) is 64.3 Å².